The number of benzene rings is 2. The van der Waals surface area contributed by atoms with Gasteiger partial charge in [0.25, 0.3) is 11.5 Å². The number of carbonyl (C=O) groups excluding carboxylic acids is 2. The topological polar surface area (TPSA) is 88.3 Å². The van der Waals surface area contributed by atoms with Gasteiger partial charge in [0, 0.05) is 5.69 Å². The van der Waals surface area contributed by atoms with Gasteiger partial charge in [0.05, 0.1) is 18.4 Å². The van der Waals surface area contributed by atoms with Crippen LogP contribution < -0.4 is 10.9 Å². The maximum absolute atomic E-state index is 12.5. The Labute approximate surface area is 149 Å². The van der Waals surface area contributed by atoms with Crippen LogP contribution in [0.1, 0.15) is 20.7 Å². The van der Waals surface area contributed by atoms with Gasteiger partial charge < -0.3 is 15.0 Å². The SMILES string of the molecule is COC(=O)c1ccccc1NC(=O)c1ccc(-c2ccccc2)[nH]c1=O. The Morgan fingerprint density at radius 2 is 1.58 bits per heavy atom. The number of H-pyrrole nitrogens is 1. The second-order valence-corrected chi connectivity index (χ2v) is 5.47. The lowest BCUT2D eigenvalue weighted by Gasteiger charge is -2.09. The van der Waals surface area contributed by atoms with E-state index >= 15 is 0 Å². The molecule has 2 aromatic carbocycles. The van der Waals surface area contributed by atoms with E-state index in [1.807, 2.05) is 30.3 Å². The third-order valence-corrected chi connectivity index (χ3v) is 3.82. The summed E-state index contributed by atoms with van der Waals surface area (Å²) in [5, 5.41) is 2.58. The number of ether oxygens (including phenoxy) is 1. The third kappa shape index (κ3) is 3.54. The molecule has 0 aliphatic carbocycles. The van der Waals surface area contributed by atoms with E-state index in [1.165, 1.54) is 19.2 Å². The van der Waals surface area contributed by atoms with Crippen LogP contribution in [-0.4, -0.2) is 24.0 Å². The van der Waals surface area contributed by atoms with Crippen molar-refractivity contribution < 1.29 is 14.3 Å². The Bertz CT molecular complexity index is 1010. The number of esters is 1. The van der Waals surface area contributed by atoms with Crippen molar-refractivity contribution in [2.24, 2.45) is 0 Å². The van der Waals surface area contributed by atoms with Crippen molar-refractivity contribution in [3.63, 3.8) is 0 Å². The number of anilines is 1. The largest absolute Gasteiger partial charge is 0.465 e. The van der Waals surface area contributed by atoms with Gasteiger partial charge in [-0.15, -0.1) is 0 Å². The predicted octanol–water partition coefficient (Wildman–Crippen LogP) is 3.08. The molecule has 1 heterocycles. The third-order valence-electron chi connectivity index (χ3n) is 3.82. The van der Waals surface area contributed by atoms with Gasteiger partial charge in [0.15, 0.2) is 0 Å². The number of pyridine rings is 1. The Kier molecular flexibility index (Phi) is 4.94. The highest BCUT2D eigenvalue weighted by molar-refractivity contribution is 6.07. The minimum absolute atomic E-state index is 0.0515. The number of para-hydroxylation sites is 1. The highest BCUT2D eigenvalue weighted by Crippen LogP contribution is 2.18. The normalized spacial score (nSPS) is 10.2. The molecule has 3 aromatic rings. The fourth-order valence-electron chi connectivity index (χ4n) is 2.51. The minimum atomic E-state index is -0.609. The second kappa shape index (κ2) is 7.48. The van der Waals surface area contributed by atoms with Crippen molar-refractivity contribution in [1.29, 1.82) is 0 Å². The molecular formula is C20H16N2O4. The molecule has 0 aliphatic heterocycles. The average molecular weight is 348 g/mol. The molecular weight excluding hydrogens is 332 g/mol. The summed E-state index contributed by atoms with van der Waals surface area (Å²) in [6.07, 6.45) is 0. The Morgan fingerprint density at radius 3 is 2.27 bits per heavy atom. The monoisotopic (exact) mass is 348 g/mol. The summed E-state index contributed by atoms with van der Waals surface area (Å²) >= 11 is 0. The first-order valence-corrected chi connectivity index (χ1v) is 7.87. The molecule has 1 aromatic heterocycles. The summed E-state index contributed by atoms with van der Waals surface area (Å²) in [7, 11) is 1.26. The lowest BCUT2D eigenvalue weighted by molar-refractivity contribution is 0.0602. The van der Waals surface area contributed by atoms with Crippen LogP contribution in [0, 0.1) is 0 Å². The molecule has 2 N–H and O–H groups in total. The number of amides is 1. The molecule has 0 bridgehead atoms. The fraction of sp³-hybridized carbons (Fsp3) is 0.0500. The molecule has 1 amide bonds. The van der Waals surface area contributed by atoms with E-state index < -0.39 is 17.4 Å². The molecule has 0 aliphatic rings. The molecule has 0 saturated carbocycles. The van der Waals surface area contributed by atoms with Crippen LogP contribution in [0.3, 0.4) is 0 Å². The van der Waals surface area contributed by atoms with Gasteiger partial charge in [-0.1, -0.05) is 42.5 Å². The van der Waals surface area contributed by atoms with Crippen molar-refractivity contribution in [1.82, 2.24) is 4.98 Å². The Morgan fingerprint density at radius 1 is 0.885 bits per heavy atom. The van der Waals surface area contributed by atoms with Crippen molar-refractivity contribution in [3.05, 3.63) is 88.2 Å². The number of aromatic nitrogens is 1. The van der Waals surface area contributed by atoms with E-state index in [4.69, 9.17) is 4.74 Å². The highest BCUT2D eigenvalue weighted by atomic mass is 16.5. The van der Waals surface area contributed by atoms with Crippen molar-refractivity contribution in [2.45, 2.75) is 0 Å². The summed E-state index contributed by atoms with van der Waals surface area (Å²) < 4.78 is 4.69. The minimum Gasteiger partial charge on any atom is -0.465 e. The highest BCUT2D eigenvalue weighted by Gasteiger charge is 2.16. The van der Waals surface area contributed by atoms with Crippen LogP contribution in [-0.2, 0) is 4.74 Å². The number of hydrogen-bond donors (Lipinski definition) is 2. The number of methoxy groups -OCH3 is 1. The van der Waals surface area contributed by atoms with Gasteiger partial charge in [-0.25, -0.2) is 4.79 Å². The summed E-state index contributed by atoms with van der Waals surface area (Å²) in [5.74, 6) is -1.18. The maximum Gasteiger partial charge on any atom is 0.339 e. The van der Waals surface area contributed by atoms with E-state index in [9.17, 15) is 14.4 Å². The molecule has 6 nitrogen and oxygen atoms in total. The molecule has 0 atom stereocenters. The standard InChI is InChI=1S/C20H16N2O4/c1-26-20(25)14-9-5-6-10-17(14)22-19(24)15-11-12-16(21-18(15)23)13-7-3-2-4-8-13/h2-12H,1H3,(H,21,23)(H,22,24). The Balaban J connectivity index is 1.88. The van der Waals surface area contributed by atoms with Gasteiger partial charge in [-0.3, -0.25) is 9.59 Å². The molecule has 130 valence electrons. The van der Waals surface area contributed by atoms with E-state index in [2.05, 4.69) is 10.3 Å². The van der Waals surface area contributed by atoms with Crippen molar-refractivity contribution in [3.8, 4) is 11.3 Å². The number of hydrogen-bond acceptors (Lipinski definition) is 4. The first kappa shape index (κ1) is 17.2. The van der Waals surface area contributed by atoms with Crippen LogP contribution in [0.25, 0.3) is 11.3 Å². The van der Waals surface area contributed by atoms with E-state index in [1.54, 1.807) is 24.3 Å². The lowest BCUT2D eigenvalue weighted by atomic mass is 10.1. The summed E-state index contributed by atoms with van der Waals surface area (Å²) in [6.45, 7) is 0. The van der Waals surface area contributed by atoms with Crippen LogP contribution in [0.5, 0.6) is 0 Å². The molecule has 3 rings (SSSR count). The van der Waals surface area contributed by atoms with Crippen molar-refractivity contribution >= 4 is 17.6 Å². The number of nitrogens with one attached hydrogen (secondary N) is 2. The maximum atomic E-state index is 12.5. The zero-order valence-corrected chi connectivity index (χ0v) is 14.0. The van der Waals surface area contributed by atoms with Crippen LogP contribution in [0.2, 0.25) is 0 Å². The van der Waals surface area contributed by atoms with Gasteiger partial charge in [0.1, 0.15) is 5.56 Å². The number of aromatic amines is 1. The van der Waals surface area contributed by atoms with E-state index in [-0.39, 0.29) is 16.8 Å². The summed E-state index contributed by atoms with van der Waals surface area (Å²) in [4.78, 5) is 39.3. The Hall–Kier alpha value is -3.67. The fourth-order valence-corrected chi connectivity index (χ4v) is 2.51. The smallest absolute Gasteiger partial charge is 0.339 e. The molecule has 0 unspecified atom stereocenters. The zero-order valence-electron chi connectivity index (χ0n) is 14.0. The zero-order chi connectivity index (χ0) is 18.5. The lowest BCUT2D eigenvalue weighted by Crippen LogP contribution is -2.24. The van der Waals surface area contributed by atoms with Gasteiger partial charge in [0.2, 0.25) is 0 Å². The molecule has 26 heavy (non-hydrogen) atoms. The second-order valence-electron chi connectivity index (χ2n) is 5.47. The van der Waals surface area contributed by atoms with Gasteiger partial charge in [-0.05, 0) is 29.8 Å². The first-order chi connectivity index (χ1) is 12.6. The first-order valence-electron chi connectivity index (χ1n) is 7.87. The predicted molar refractivity (Wildman–Crippen MR) is 98.2 cm³/mol. The average Bonchev–Trinajstić information content (AvgIpc) is 2.68. The van der Waals surface area contributed by atoms with E-state index in [0.29, 0.717) is 5.69 Å². The van der Waals surface area contributed by atoms with Crippen molar-refractivity contribution in [2.75, 3.05) is 12.4 Å². The van der Waals surface area contributed by atoms with E-state index in [0.717, 1.165) is 5.56 Å². The van der Waals surface area contributed by atoms with Gasteiger partial charge >= 0.3 is 5.97 Å². The quantitative estimate of drug-likeness (QED) is 0.709. The van der Waals surface area contributed by atoms with Crippen LogP contribution in [0.4, 0.5) is 5.69 Å². The number of carbonyl (C=O) groups is 2. The van der Waals surface area contributed by atoms with Crippen LogP contribution >= 0.6 is 0 Å². The molecule has 0 fully saturated rings. The molecule has 6 heteroatoms. The van der Waals surface area contributed by atoms with Crippen LogP contribution in [0.15, 0.2) is 71.5 Å². The summed E-state index contributed by atoms with van der Waals surface area (Å²) in [6, 6.07) is 18.9. The summed E-state index contributed by atoms with van der Waals surface area (Å²) in [5.41, 5.74) is 1.37. The van der Waals surface area contributed by atoms with Gasteiger partial charge in [-0.2, -0.15) is 0 Å². The number of rotatable bonds is 4. The molecule has 0 saturated heterocycles. The molecule has 0 spiro atoms. The molecule has 0 radical (unpaired) electrons.